The van der Waals surface area contributed by atoms with E-state index in [0.717, 1.165) is 14.0 Å². The monoisotopic (exact) mass is 326 g/mol. The number of thiophene rings is 1. The molecule has 0 saturated heterocycles. The van der Waals surface area contributed by atoms with Gasteiger partial charge in [-0.05, 0) is 56.3 Å². The summed E-state index contributed by atoms with van der Waals surface area (Å²) in [5.41, 5.74) is 1.18. The molecule has 0 aliphatic carbocycles. The Kier molecular flexibility index (Phi) is 4.41. The molecule has 0 amide bonds. The third-order valence-corrected chi connectivity index (χ3v) is 4.03. The van der Waals surface area contributed by atoms with E-state index in [1.165, 1.54) is 5.56 Å². The molecule has 1 N–H and O–H groups in total. The lowest BCUT2D eigenvalue weighted by molar-refractivity contribution is -0.137. The number of carboxylic acids is 1. The number of aryl methyl sites for hydroxylation is 1. The van der Waals surface area contributed by atoms with Crippen LogP contribution in [0.3, 0.4) is 0 Å². The lowest BCUT2D eigenvalue weighted by atomic mass is 10.1. The van der Waals surface area contributed by atoms with Crippen LogP contribution in [-0.2, 0) is 11.2 Å². The zero-order chi connectivity index (χ0) is 9.84. The van der Waals surface area contributed by atoms with Crippen LogP contribution in [0.25, 0.3) is 0 Å². The maximum atomic E-state index is 10.3. The predicted molar refractivity (Wildman–Crippen MR) is 60.3 cm³/mol. The van der Waals surface area contributed by atoms with Crippen molar-refractivity contribution < 1.29 is 9.90 Å². The Labute approximate surface area is 97.2 Å². The predicted octanol–water partition coefficient (Wildman–Crippen LogP) is 3.68. The second-order valence-electron chi connectivity index (χ2n) is 2.60. The molecule has 1 heterocycles. The molecule has 0 unspecified atom stereocenters. The third kappa shape index (κ3) is 3.79. The highest BCUT2D eigenvalue weighted by molar-refractivity contribution is 9.12. The van der Waals surface area contributed by atoms with Crippen LogP contribution in [0.5, 0.6) is 0 Å². The summed E-state index contributed by atoms with van der Waals surface area (Å²) in [5, 5.41) is 8.45. The Morgan fingerprint density at radius 1 is 1.54 bits per heavy atom. The van der Waals surface area contributed by atoms with Gasteiger partial charge in [-0.1, -0.05) is 0 Å². The summed E-state index contributed by atoms with van der Waals surface area (Å²) in [7, 11) is 0. The summed E-state index contributed by atoms with van der Waals surface area (Å²) in [6.45, 7) is 0. The Morgan fingerprint density at radius 2 is 2.23 bits per heavy atom. The maximum Gasteiger partial charge on any atom is 0.303 e. The maximum absolute atomic E-state index is 10.3. The average molecular weight is 328 g/mol. The number of hydrogen-bond acceptors (Lipinski definition) is 2. The van der Waals surface area contributed by atoms with Crippen LogP contribution in [0.15, 0.2) is 13.6 Å². The molecule has 0 bridgehead atoms. The SMILES string of the molecule is O=C(O)CCCc1cc(Br)sc1Br. The number of rotatable bonds is 4. The molecule has 1 rings (SSSR count). The second kappa shape index (κ2) is 5.12. The number of halogens is 2. The lowest BCUT2D eigenvalue weighted by Gasteiger charge is -1.95. The number of carboxylic acid groups (broad SMARTS) is 1. The van der Waals surface area contributed by atoms with E-state index in [2.05, 4.69) is 31.9 Å². The quantitative estimate of drug-likeness (QED) is 0.916. The first-order chi connectivity index (χ1) is 6.09. The van der Waals surface area contributed by atoms with E-state index >= 15 is 0 Å². The van der Waals surface area contributed by atoms with E-state index in [9.17, 15) is 4.79 Å². The van der Waals surface area contributed by atoms with E-state index in [4.69, 9.17) is 5.11 Å². The molecule has 13 heavy (non-hydrogen) atoms. The molecule has 0 fully saturated rings. The van der Waals surface area contributed by atoms with Gasteiger partial charge in [-0.2, -0.15) is 0 Å². The van der Waals surface area contributed by atoms with E-state index < -0.39 is 5.97 Å². The summed E-state index contributed by atoms with van der Waals surface area (Å²) < 4.78 is 2.16. The van der Waals surface area contributed by atoms with Gasteiger partial charge in [0.2, 0.25) is 0 Å². The van der Waals surface area contributed by atoms with Crippen molar-refractivity contribution >= 4 is 49.2 Å². The molecule has 0 aliphatic heterocycles. The van der Waals surface area contributed by atoms with Crippen molar-refractivity contribution in [2.45, 2.75) is 19.3 Å². The van der Waals surface area contributed by atoms with E-state index in [1.54, 1.807) is 11.3 Å². The average Bonchev–Trinajstić information content (AvgIpc) is 2.29. The van der Waals surface area contributed by atoms with Gasteiger partial charge in [-0.25, -0.2) is 0 Å². The highest BCUT2D eigenvalue weighted by atomic mass is 79.9. The van der Waals surface area contributed by atoms with Gasteiger partial charge in [0.25, 0.3) is 0 Å². The summed E-state index contributed by atoms with van der Waals surface area (Å²) in [6.07, 6.45) is 1.74. The van der Waals surface area contributed by atoms with Gasteiger partial charge < -0.3 is 5.11 Å². The smallest absolute Gasteiger partial charge is 0.303 e. The van der Waals surface area contributed by atoms with Crippen molar-refractivity contribution in [2.24, 2.45) is 0 Å². The molecule has 1 aromatic rings. The lowest BCUT2D eigenvalue weighted by Crippen LogP contribution is -1.95. The van der Waals surface area contributed by atoms with Gasteiger partial charge in [0.05, 0.1) is 7.57 Å². The van der Waals surface area contributed by atoms with Gasteiger partial charge in [0.15, 0.2) is 0 Å². The number of hydrogen-bond donors (Lipinski definition) is 1. The van der Waals surface area contributed by atoms with E-state index in [-0.39, 0.29) is 6.42 Å². The number of aliphatic carboxylic acids is 1. The summed E-state index contributed by atoms with van der Waals surface area (Å²) in [5.74, 6) is -0.731. The summed E-state index contributed by atoms with van der Waals surface area (Å²) in [6, 6.07) is 2.02. The first-order valence-corrected chi connectivity index (χ1v) is 6.15. The van der Waals surface area contributed by atoms with Gasteiger partial charge >= 0.3 is 5.97 Å². The molecule has 2 nitrogen and oxygen atoms in total. The Hall–Kier alpha value is 0.130. The molecule has 0 aromatic carbocycles. The molecule has 0 atom stereocenters. The van der Waals surface area contributed by atoms with Gasteiger partial charge in [-0.15, -0.1) is 11.3 Å². The van der Waals surface area contributed by atoms with Crippen LogP contribution in [-0.4, -0.2) is 11.1 Å². The molecular formula is C8H8Br2O2S. The van der Waals surface area contributed by atoms with Crippen LogP contribution in [0.1, 0.15) is 18.4 Å². The molecule has 0 spiro atoms. The minimum atomic E-state index is -0.731. The van der Waals surface area contributed by atoms with Crippen LogP contribution in [0.4, 0.5) is 0 Å². The van der Waals surface area contributed by atoms with E-state index in [1.807, 2.05) is 6.07 Å². The summed E-state index contributed by atoms with van der Waals surface area (Å²) >= 11 is 8.42. The highest BCUT2D eigenvalue weighted by Crippen LogP contribution is 2.32. The van der Waals surface area contributed by atoms with Crippen molar-refractivity contribution in [1.82, 2.24) is 0 Å². The molecule has 1 aromatic heterocycles. The van der Waals surface area contributed by atoms with Crippen molar-refractivity contribution in [3.8, 4) is 0 Å². The minimum absolute atomic E-state index is 0.236. The Bertz CT molecular complexity index is 309. The molecular weight excluding hydrogens is 320 g/mol. The van der Waals surface area contributed by atoms with Gasteiger partial charge in [-0.3, -0.25) is 4.79 Å². The highest BCUT2D eigenvalue weighted by Gasteiger charge is 2.05. The third-order valence-electron chi connectivity index (χ3n) is 1.56. The minimum Gasteiger partial charge on any atom is -0.481 e. The molecule has 0 saturated carbocycles. The van der Waals surface area contributed by atoms with Crippen LogP contribution < -0.4 is 0 Å². The van der Waals surface area contributed by atoms with Crippen LogP contribution in [0.2, 0.25) is 0 Å². The fourth-order valence-electron chi connectivity index (χ4n) is 0.975. The Balaban J connectivity index is 2.45. The van der Waals surface area contributed by atoms with Crippen LogP contribution in [0, 0.1) is 0 Å². The van der Waals surface area contributed by atoms with Crippen LogP contribution >= 0.6 is 43.2 Å². The normalized spacial score (nSPS) is 10.3. The number of carbonyl (C=O) groups is 1. The first-order valence-electron chi connectivity index (χ1n) is 3.75. The molecule has 72 valence electrons. The van der Waals surface area contributed by atoms with Crippen molar-refractivity contribution in [1.29, 1.82) is 0 Å². The summed E-state index contributed by atoms with van der Waals surface area (Å²) in [4.78, 5) is 10.3. The zero-order valence-corrected chi connectivity index (χ0v) is 10.7. The van der Waals surface area contributed by atoms with E-state index in [0.29, 0.717) is 6.42 Å². The van der Waals surface area contributed by atoms with Crippen molar-refractivity contribution in [2.75, 3.05) is 0 Å². The second-order valence-corrected chi connectivity index (χ2v) is 6.35. The molecule has 5 heteroatoms. The van der Waals surface area contributed by atoms with Crippen molar-refractivity contribution in [3.63, 3.8) is 0 Å². The zero-order valence-electron chi connectivity index (χ0n) is 6.72. The molecule has 0 aliphatic rings. The van der Waals surface area contributed by atoms with Crippen molar-refractivity contribution in [3.05, 3.63) is 19.2 Å². The largest absolute Gasteiger partial charge is 0.481 e. The standard InChI is InChI=1S/C8H8Br2O2S/c9-6-4-5(8(10)13-6)2-1-3-7(11)12/h4H,1-3H2,(H,11,12). The Morgan fingerprint density at radius 3 is 2.69 bits per heavy atom. The fraction of sp³-hybridized carbons (Fsp3) is 0.375. The topological polar surface area (TPSA) is 37.3 Å². The fourth-order valence-corrected chi connectivity index (χ4v) is 3.89. The first kappa shape index (κ1) is 11.2. The molecule has 0 radical (unpaired) electrons. The van der Waals surface area contributed by atoms with Gasteiger partial charge in [0, 0.05) is 6.42 Å². The van der Waals surface area contributed by atoms with Gasteiger partial charge in [0.1, 0.15) is 0 Å².